The Hall–Kier alpha value is -0.0806. The third-order valence-electron chi connectivity index (χ3n) is 2.59. The minimum Gasteiger partial charge on any atom is -0.273 e. The van der Waals surface area contributed by atoms with Crippen LogP contribution in [0.2, 0.25) is 0 Å². The molecule has 0 fully saturated rings. The van der Waals surface area contributed by atoms with Crippen LogP contribution in [0.25, 0.3) is 0 Å². The Bertz CT molecular complexity index is 512. The third-order valence-corrected chi connectivity index (χ3v) is 4.16. The number of halogens is 2. The average molecular weight is 619 g/mol. The molecule has 3 rings (SSSR count). The Kier molecular flexibility index (Phi) is 12.1. The molecule has 0 heterocycles. The number of benzene rings is 2. The van der Waals surface area contributed by atoms with Crippen molar-refractivity contribution in [3.05, 3.63) is 85.0 Å². The van der Waals surface area contributed by atoms with E-state index in [0.29, 0.717) is 0 Å². The van der Waals surface area contributed by atoms with Crippen molar-refractivity contribution in [2.45, 2.75) is 6.42 Å². The van der Waals surface area contributed by atoms with E-state index in [1.165, 1.54) is 0 Å². The van der Waals surface area contributed by atoms with Crippen LogP contribution in [0.4, 0.5) is 0 Å². The minimum absolute atomic E-state index is 0.125. The van der Waals surface area contributed by atoms with Crippen LogP contribution in [-0.4, -0.2) is 4.89 Å². The van der Waals surface area contributed by atoms with Crippen LogP contribution in [0.3, 0.4) is 0 Å². The van der Waals surface area contributed by atoms with Gasteiger partial charge in [-0.15, -0.1) is 6.42 Å². The van der Waals surface area contributed by atoms with Gasteiger partial charge >= 0.3 is 40.7 Å². The molecule has 0 unspecified atom stereocenters. The van der Waals surface area contributed by atoms with Crippen molar-refractivity contribution < 1.29 is 18.6 Å². The number of hydrogen-bond acceptors (Lipinski definition) is 1. The Labute approximate surface area is 154 Å². The van der Waals surface area contributed by atoms with Gasteiger partial charge in [-0.3, -0.25) is 6.08 Å². The van der Waals surface area contributed by atoms with Gasteiger partial charge in [-0.05, 0) is 0 Å². The van der Waals surface area contributed by atoms with Gasteiger partial charge in [0.1, 0.15) is 0 Å². The first-order valence-electron chi connectivity index (χ1n) is 6.44. The Balaban J connectivity index is 0.000000250. The summed E-state index contributed by atoms with van der Waals surface area (Å²) in [4.78, 5) is 10.1. The van der Waals surface area contributed by atoms with Gasteiger partial charge in [-0.1, -0.05) is 60.7 Å². The molecule has 0 aliphatic heterocycles. The van der Waals surface area contributed by atoms with Crippen LogP contribution in [0.5, 0.6) is 0 Å². The standard InChI is InChI=1S/C12H11OP.C5H5.2BrH.Ir/c13-14(11-7-3-1-4-8-11)12-9-5-2-6-10-12;1-2-4-5-3-1;;;/h1-10,13H;1-3H,4H2;2*1H;/q;-1;;;+3/p-2. The smallest absolute Gasteiger partial charge is 0.109 e. The molecule has 1 aliphatic carbocycles. The van der Waals surface area contributed by atoms with Crippen molar-refractivity contribution in [2.75, 3.05) is 0 Å². The maximum absolute atomic E-state index is 10.1. The zero-order valence-corrected chi connectivity index (χ0v) is 18.2. The molecule has 0 aromatic heterocycles. The normalized spacial score (nSPS) is 11.6. The van der Waals surface area contributed by atoms with Gasteiger partial charge in [0.15, 0.2) is 0 Å². The van der Waals surface area contributed by atoms with E-state index in [-0.39, 0.29) is 13.7 Å². The second-order valence-corrected chi connectivity index (χ2v) is 16.2. The van der Waals surface area contributed by atoms with Crippen molar-refractivity contribution >= 4 is 45.7 Å². The Morgan fingerprint density at radius 2 is 1.36 bits per heavy atom. The molecule has 0 radical (unpaired) electrons. The molecule has 1 aliphatic rings. The molecule has 0 amide bonds. The summed E-state index contributed by atoms with van der Waals surface area (Å²) in [5.74, 6) is 0. The quantitative estimate of drug-likeness (QED) is 0.370. The van der Waals surface area contributed by atoms with Gasteiger partial charge in [0, 0.05) is 10.6 Å². The zero-order chi connectivity index (χ0) is 16.0. The predicted octanol–water partition coefficient (Wildman–Crippen LogP) is 5.02. The summed E-state index contributed by atoms with van der Waals surface area (Å²) >= 11 is 6.50. The first kappa shape index (κ1) is 20.0. The second kappa shape index (κ2) is 13.4. The zero-order valence-electron chi connectivity index (χ0n) is 11.7. The molecule has 0 spiro atoms. The molecule has 2 aromatic carbocycles. The van der Waals surface area contributed by atoms with Gasteiger partial charge in [0.05, 0.1) is 8.15 Å². The van der Waals surface area contributed by atoms with Gasteiger partial charge in [-0.25, -0.2) is 12.2 Å². The minimum atomic E-state index is -1.17. The SMILES string of the molecule is OP(c1ccccc1)c1ccccc1.[Br][Ir+][Br].[C-]1=CC=CC1. The summed E-state index contributed by atoms with van der Waals surface area (Å²) in [5.41, 5.74) is 0. The van der Waals surface area contributed by atoms with Crippen LogP contribution in [-0.2, 0) is 13.7 Å². The average Bonchev–Trinajstić information content (AvgIpc) is 3.16. The van der Waals surface area contributed by atoms with E-state index in [1.807, 2.05) is 72.8 Å². The van der Waals surface area contributed by atoms with E-state index >= 15 is 0 Å². The molecule has 2 aromatic rings. The number of allylic oxidation sites excluding steroid dienone is 4. The third kappa shape index (κ3) is 8.53. The first-order valence-corrected chi connectivity index (χ1v) is 18.2. The molecule has 1 N–H and O–H groups in total. The van der Waals surface area contributed by atoms with Gasteiger partial charge in [0.25, 0.3) is 0 Å². The summed E-state index contributed by atoms with van der Waals surface area (Å²) < 4.78 is 0. The number of rotatable bonds is 2. The summed E-state index contributed by atoms with van der Waals surface area (Å²) in [5, 5.41) is 1.99. The maximum atomic E-state index is 10.1. The van der Waals surface area contributed by atoms with E-state index in [1.54, 1.807) is 0 Å². The van der Waals surface area contributed by atoms with Gasteiger partial charge in [0.2, 0.25) is 0 Å². The summed E-state index contributed by atoms with van der Waals surface area (Å²) in [6.45, 7) is 0. The van der Waals surface area contributed by atoms with Crippen molar-refractivity contribution in [3.8, 4) is 0 Å². The van der Waals surface area contributed by atoms with E-state index < -0.39 is 8.15 Å². The van der Waals surface area contributed by atoms with Crippen LogP contribution < -0.4 is 10.6 Å². The van der Waals surface area contributed by atoms with Crippen LogP contribution >= 0.6 is 35.1 Å². The van der Waals surface area contributed by atoms with E-state index in [9.17, 15) is 4.89 Å². The fraction of sp³-hybridized carbons (Fsp3) is 0.0588. The first-order chi connectivity index (χ1) is 10.8. The predicted molar refractivity (Wildman–Crippen MR) is 101 cm³/mol. The summed E-state index contributed by atoms with van der Waals surface area (Å²) in [6, 6.07) is 19.5. The van der Waals surface area contributed by atoms with E-state index in [4.69, 9.17) is 0 Å². The van der Waals surface area contributed by atoms with E-state index in [2.05, 4.69) is 39.1 Å². The van der Waals surface area contributed by atoms with Crippen molar-refractivity contribution in [3.63, 3.8) is 0 Å². The molecule has 0 saturated carbocycles. The molecule has 0 saturated heterocycles. The van der Waals surface area contributed by atoms with Crippen LogP contribution in [0.15, 0.2) is 78.9 Å². The Morgan fingerprint density at radius 1 is 0.909 bits per heavy atom. The molecule has 118 valence electrons. The van der Waals surface area contributed by atoms with Crippen molar-refractivity contribution in [1.29, 1.82) is 0 Å². The molecule has 1 nitrogen and oxygen atoms in total. The van der Waals surface area contributed by atoms with Gasteiger partial charge < -0.3 is 4.89 Å². The summed E-state index contributed by atoms with van der Waals surface area (Å²) in [7, 11) is -1.17. The van der Waals surface area contributed by atoms with Crippen molar-refractivity contribution in [1.82, 2.24) is 0 Å². The van der Waals surface area contributed by atoms with E-state index in [0.717, 1.165) is 17.0 Å². The topological polar surface area (TPSA) is 20.2 Å². The molecule has 0 atom stereocenters. The molecule has 0 bridgehead atoms. The fourth-order valence-electron chi connectivity index (χ4n) is 1.63. The fourth-order valence-corrected chi connectivity index (χ4v) is 2.83. The van der Waals surface area contributed by atoms with Crippen LogP contribution in [0.1, 0.15) is 6.42 Å². The molecular formula is C17H16Br2IrOP. The van der Waals surface area contributed by atoms with Gasteiger partial charge in [-0.2, -0.15) is 6.08 Å². The maximum Gasteiger partial charge on any atom is -0.109 e. The van der Waals surface area contributed by atoms with Crippen LogP contribution in [0, 0.1) is 6.08 Å². The second-order valence-electron chi connectivity index (χ2n) is 4.03. The number of hydrogen-bond donors (Lipinski definition) is 1. The molecular weight excluding hydrogens is 603 g/mol. The largest absolute Gasteiger partial charge is 0.273 e. The summed E-state index contributed by atoms with van der Waals surface area (Å²) in [6.07, 6.45) is 10.0. The molecule has 5 heteroatoms. The monoisotopic (exact) mass is 618 g/mol. The molecule has 22 heavy (non-hydrogen) atoms. The Morgan fingerprint density at radius 3 is 1.64 bits per heavy atom. The van der Waals surface area contributed by atoms with Crippen molar-refractivity contribution in [2.24, 2.45) is 0 Å².